The van der Waals surface area contributed by atoms with Gasteiger partial charge in [0.2, 0.25) is 23.5 Å². The molecule has 2 unspecified atom stereocenters. The summed E-state index contributed by atoms with van der Waals surface area (Å²) < 4.78 is 9.86. The smallest absolute Gasteiger partial charge is 0.218 e. The van der Waals surface area contributed by atoms with E-state index in [1.54, 1.807) is 0 Å². The lowest BCUT2D eigenvalue weighted by Gasteiger charge is -2.29. The fourth-order valence-electron chi connectivity index (χ4n) is 3.28. The minimum atomic E-state index is -0.893. The molecule has 0 aliphatic carbocycles. The van der Waals surface area contributed by atoms with Crippen molar-refractivity contribution in [2.75, 3.05) is 10.6 Å². The van der Waals surface area contributed by atoms with E-state index in [0.29, 0.717) is 11.4 Å². The lowest BCUT2D eigenvalue weighted by Crippen LogP contribution is -2.58. The van der Waals surface area contributed by atoms with Crippen LogP contribution in [0.2, 0.25) is 0 Å². The largest absolute Gasteiger partial charge is 0.342 e. The first-order valence-electron chi connectivity index (χ1n) is 10.3. The van der Waals surface area contributed by atoms with Crippen molar-refractivity contribution in [3.8, 4) is 22.5 Å². The summed E-state index contributed by atoms with van der Waals surface area (Å²) >= 11 is 0. The first-order chi connectivity index (χ1) is 16.5. The van der Waals surface area contributed by atoms with Crippen LogP contribution in [0.15, 0.2) is 69.9 Å². The van der Waals surface area contributed by atoms with Crippen LogP contribution >= 0.6 is 0 Å². The van der Waals surface area contributed by atoms with Gasteiger partial charge in [-0.25, -0.2) is 9.26 Å². The van der Waals surface area contributed by atoms with Crippen molar-refractivity contribution in [2.45, 2.75) is 26.2 Å². The van der Waals surface area contributed by atoms with Gasteiger partial charge in [0.25, 0.3) is 0 Å². The third kappa shape index (κ3) is 5.35. The highest BCUT2D eigenvalue weighted by Crippen LogP contribution is 2.26. The minimum absolute atomic E-state index is 0.267. The Morgan fingerprint density at radius 1 is 0.647 bits per heavy atom. The van der Waals surface area contributed by atoms with E-state index in [0.717, 1.165) is 11.1 Å². The van der Waals surface area contributed by atoms with Crippen molar-refractivity contribution in [3.05, 3.63) is 60.7 Å². The zero-order valence-corrected chi connectivity index (χ0v) is 18.4. The molecule has 4 rings (SSSR count). The second-order valence-corrected chi connectivity index (χ2v) is 7.30. The molecule has 0 saturated heterocycles. The highest BCUT2D eigenvalue weighted by Gasteiger charge is 2.28. The first kappa shape index (κ1) is 22.5. The van der Waals surface area contributed by atoms with Crippen molar-refractivity contribution in [1.82, 2.24) is 31.3 Å². The Bertz CT molecular complexity index is 1140. The SMILES string of the molecule is CC(=O)NC(Nc1nonc1-c1ccccc1)C(NC(C)=O)Nc1nonc1-c1ccccc1. The van der Waals surface area contributed by atoms with Gasteiger partial charge in [-0.05, 0) is 20.6 Å². The summed E-state index contributed by atoms with van der Waals surface area (Å²) in [6.07, 6.45) is -1.79. The molecule has 0 radical (unpaired) electrons. The normalized spacial score (nSPS) is 12.4. The predicted molar refractivity (Wildman–Crippen MR) is 122 cm³/mol. The molecule has 34 heavy (non-hydrogen) atoms. The number of hydrogen-bond donors (Lipinski definition) is 4. The van der Waals surface area contributed by atoms with Crippen molar-refractivity contribution < 1.29 is 18.8 Å². The zero-order chi connectivity index (χ0) is 23.9. The van der Waals surface area contributed by atoms with E-state index in [-0.39, 0.29) is 23.5 Å². The van der Waals surface area contributed by atoms with Crippen LogP contribution in [-0.4, -0.2) is 44.8 Å². The van der Waals surface area contributed by atoms with E-state index in [1.165, 1.54) is 13.8 Å². The fraction of sp³-hybridized carbons (Fsp3) is 0.182. The quantitative estimate of drug-likeness (QED) is 0.272. The number of hydrogen-bond acceptors (Lipinski definition) is 10. The summed E-state index contributed by atoms with van der Waals surface area (Å²) in [5, 5.41) is 27.5. The van der Waals surface area contributed by atoms with E-state index >= 15 is 0 Å². The van der Waals surface area contributed by atoms with Crippen molar-refractivity contribution in [1.29, 1.82) is 0 Å². The molecule has 2 atom stereocenters. The highest BCUT2D eigenvalue weighted by molar-refractivity contribution is 5.77. The number of rotatable bonds is 9. The molecule has 12 nitrogen and oxygen atoms in total. The Morgan fingerprint density at radius 2 is 1.03 bits per heavy atom. The van der Waals surface area contributed by atoms with Gasteiger partial charge in [0.1, 0.15) is 12.3 Å². The Morgan fingerprint density at radius 3 is 1.38 bits per heavy atom. The van der Waals surface area contributed by atoms with Crippen LogP contribution in [0.25, 0.3) is 22.5 Å². The zero-order valence-electron chi connectivity index (χ0n) is 18.4. The number of amides is 2. The van der Waals surface area contributed by atoms with Gasteiger partial charge in [-0.3, -0.25) is 9.59 Å². The van der Waals surface area contributed by atoms with Gasteiger partial charge in [0.05, 0.1) is 0 Å². The van der Waals surface area contributed by atoms with Crippen LogP contribution < -0.4 is 21.3 Å². The van der Waals surface area contributed by atoms with E-state index < -0.39 is 12.3 Å². The summed E-state index contributed by atoms with van der Waals surface area (Å²) in [5.41, 5.74) is 2.38. The number of benzene rings is 2. The van der Waals surface area contributed by atoms with Gasteiger partial charge >= 0.3 is 0 Å². The molecule has 0 fully saturated rings. The molecule has 2 aromatic heterocycles. The first-order valence-corrected chi connectivity index (χ1v) is 10.3. The molecule has 12 heteroatoms. The number of anilines is 2. The second-order valence-electron chi connectivity index (χ2n) is 7.30. The number of nitrogens with zero attached hydrogens (tertiary/aromatic N) is 4. The van der Waals surface area contributed by atoms with Gasteiger partial charge < -0.3 is 21.3 Å². The molecule has 0 aliphatic heterocycles. The molecular weight excluding hydrogens is 440 g/mol. The van der Waals surface area contributed by atoms with Gasteiger partial charge in [0, 0.05) is 25.0 Å². The van der Waals surface area contributed by atoms with Gasteiger partial charge in [-0.1, -0.05) is 60.7 Å². The molecule has 4 N–H and O–H groups in total. The van der Waals surface area contributed by atoms with Crippen LogP contribution in [0, 0.1) is 0 Å². The van der Waals surface area contributed by atoms with Crippen molar-refractivity contribution in [3.63, 3.8) is 0 Å². The van der Waals surface area contributed by atoms with Gasteiger partial charge in [-0.2, -0.15) is 0 Å². The maximum Gasteiger partial charge on any atom is 0.218 e. The van der Waals surface area contributed by atoms with E-state index in [1.807, 2.05) is 60.7 Å². The Labute approximate surface area is 194 Å². The van der Waals surface area contributed by atoms with Gasteiger partial charge in [-0.15, -0.1) is 0 Å². The number of carbonyl (C=O) groups is 2. The lowest BCUT2D eigenvalue weighted by atomic mass is 10.1. The fourth-order valence-corrected chi connectivity index (χ4v) is 3.28. The number of nitrogens with one attached hydrogen (secondary N) is 4. The van der Waals surface area contributed by atoms with Crippen molar-refractivity contribution in [2.24, 2.45) is 0 Å². The second kappa shape index (κ2) is 10.3. The molecule has 2 amide bonds. The van der Waals surface area contributed by atoms with Crippen LogP contribution in [0.3, 0.4) is 0 Å². The molecule has 0 bridgehead atoms. The van der Waals surface area contributed by atoms with Crippen LogP contribution in [-0.2, 0) is 9.59 Å². The maximum absolute atomic E-state index is 12.0. The Kier molecular flexibility index (Phi) is 6.77. The molecule has 2 heterocycles. The monoisotopic (exact) mass is 462 g/mol. The summed E-state index contributed by atoms with van der Waals surface area (Å²) in [6, 6.07) is 18.5. The summed E-state index contributed by atoms with van der Waals surface area (Å²) in [4.78, 5) is 24.0. The molecular formula is C22H22N8O4. The molecule has 174 valence electrons. The summed E-state index contributed by atoms with van der Waals surface area (Å²) in [7, 11) is 0. The minimum Gasteiger partial charge on any atom is -0.342 e. The average Bonchev–Trinajstić information content (AvgIpc) is 3.48. The van der Waals surface area contributed by atoms with Crippen LogP contribution in [0.4, 0.5) is 11.6 Å². The topological polar surface area (TPSA) is 160 Å². The van der Waals surface area contributed by atoms with Crippen LogP contribution in [0.1, 0.15) is 13.8 Å². The molecule has 0 saturated carbocycles. The maximum atomic E-state index is 12.0. The third-order valence-electron chi connectivity index (χ3n) is 4.71. The molecule has 2 aromatic carbocycles. The summed E-state index contributed by atoms with van der Waals surface area (Å²) in [6.45, 7) is 2.71. The van der Waals surface area contributed by atoms with Crippen molar-refractivity contribution >= 4 is 23.5 Å². The van der Waals surface area contributed by atoms with E-state index in [9.17, 15) is 9.59 Å². The molecule has 4 aromatic rings. The Balaban J connectivity index is 1.64. The highest BCUT2D eigenvalue weighted by atomic mass is 16.6. The molecule has 0 aliphatic rings. The van der Waals surface area contributed by atoms with E-state index in [2.05, 4.69) is 41.9 Å². The molecule has 0 spiro atoms. The lowest BCUT2D eigenvalue weighted by molar-refractivity contribution is -0.122. The van der Waals surface area contributed by atoms with Crippen LogP contribution in [0.5, 0.6) is 0 Å². The van der Waals surface area contributed by atoms with Gasteiger partial charge in [0.15, 0.2) is 11.4 Å². The number of carbonyl (C=O) groups excluding carboxylic acids is 2. The summed E-state index contributed by atoms with van der Waals surface area (Å²) in [5.74, 6) is -0.171. The standard InChI is InChI=1S/C22H22N8O4/c1-13(31)23-21(25-19-17(27-33-29-19)15-9-5-3-6-10-15)22(24-14(2)32)26-20-18(28-34-30-20)16-11-7-4-8-12-16/h3-12,21-22H,1-2H3,(H,23,31)(H,24,32)(H,25,29)(H,26,30). The van der Waals surface area contributed by atoms with E-state index in [4.69, 9.17) is 9.26 Å². The Hall–Kier alpha value is -4.74. The third-order valence-corrected chi connectivity index (χ3v) is 4.71. The predicted octanol–water partition coefficient (Wildman–Crippen LogP) is 2.23. The number of aromatic nitrogens is 4. The average molecular weight is 462 g/mol.